The molecule has 0 fully saturated rings. The van der Waals surface area contributed by atoms with E-state index in [1.54, 1.807) is 6.92 Å². The summed E-state index contributed by atoms with van der Waals surface area (Å²) in [5.74, 6) is -0.850. The highest BCUT2D eigenvalue weighted by molar-refractivity contribution is 5.88. The van der Waals surface area contributed by atoms with Gasteiger partial charge in [0.05, 0.1) is 7.11 Å². The second kappa shape index (κ2) is 7.05. The van der Waals surface area contributed by atoms with Crippen LogP contribution in [0.5, 0.6) is 0 Å². The van der Waals surface area contributed by atoms with E-state index >= 15 is 0 Å². The first-order valence-corrected chi connectivity index (χ1v) is 6.39. The number of hydrogen-bond acceptors (Lipinski definition) is 4. The van der Waals surface area contributed by atoms with Gasteiger partial charge in [-0.25, -0.2) is 4.79 Å². The lowest BCUT2D eigenvalue weighted by Gasteiger charge is -2.21. The van der Waals surface area contributed by atoms with E-state index in [1.807, 2.05) is 32.0 Å². The Balaban J connectivity index is 2.96. The van der Waals surface area contributed by atoms with Crippen molar-refractivity contribution in [3.05, 3.63) is 34.9 Å². The van der Waals surface area contributed by atoms with Crippen LogP contribution in [-0.2, 0) is 19.1 Å². The predicted octanol–water partition coefficient (Wildman–Crippen LogP) is 1.67. The number of amides is 1. The van der Waals surface area contributed by atoms with Gasteiger partial charge in [-0.05, 0) is 37.5 Å². The van der Waals surface area contributed by atoms with Crippen molar-refractivity contribution >= 4 is 11.9 Å². The van der Waals surface area contributed by atoms with Crippen molar-refractivity contribution in [1.29, 1.82) is 0 Å². The fourth-order valence-electron chi connectivity index (χ4n) is 2.12. The molecule has 5 nitrogen and oxygen atoms in total. The topological polar surface area (TPSA) is 64.6 Å². The van der Waals surface area contributed by atoms with Crippen molar-refractivity contribution in [1.82, 2.24) is 5.32 Å². The van der Waals surface area contributed by atoms with Crippen LogP contribution < -0.4 is 5.32 Å². The Morgan fingerprint density at radius 2 is 1.70 bits per heavy atom. The van der Waals surface area contributed by atoms with Crippen molar-refractivity contribution in [2.24, 2.45) is 0 Å². The fourth-order valence-corrected chi connectivity index (χ4v) is 2.12. The van der Waals surface area contributed by atoms with Gasteiger partial charge in [0.2, 0.25) is 0 Å². The Morgan fingerprint density at radius 1 is 1.15 bits per heavy atom. The van der Waals surface area contributed by atoms with Crippen LogP contribution in [0.3, 0.4) is 0 Å². The molecule has 0 spiro atoms. The summed E-state index contributed by atoms with van der Waals surface area (Å²) in [6, 6.07) is 5.06. The third-order valence-electron chi connectivity index (χ3n) is 3.19. The molecule has 1 aromatic carbocycles. The number of rotatable bonds is 5. The zero-order valence-corrected chi connectivity index (χ0v) is 12.5. The van der Waals surface area contributed by atoms with Gasteiger partial charge < -0.3 is 14.8 Å². The van der Waals surface area contributed by atoms with Crippen molar-refractivity contribution < 1.29 is 19.1 Å². The predicted molar refractivity (Wildman–Crippen MR) is 75.3 cm³/mol. The molecule has 0 aromatic heterocycles. The van der Waals surface area contributed by atoms with Gasteiger partial charge in [-0.2, -0.15) is 0 Å². The average molecular weight is 279 g/mol. The third kappa shape index (κ3) is 3.57. The van der Waals surface area contributed by atoms with Crippen molar-refractivity contribution in [3.63, 3.8) is 0 Å². The lowest BCUT2D eigenvalue weighted by Crippen LogP contribution is -2.42. The number of esters is 1. The first kappa shape index (κ1) is 16.2. The molecule has 1 aromatic rings. The Kier molecular flexibility index (Phi) is 5.70. The molecule has 0 radical (unpaired) electrons. The molecule has 1 N–H and O–H groups in total. The van der Waals surface area contributed by atoms with Crippen LogP contribution in [0.2, 0.25) is 0 Å². The lowest BCUT2D eigenvalue weighted by molar-refractivity contribution is -0.146. The molecule has 0 bridgehead atoms. The molecule has 0 aliphatic carbocycles. The zero-order valence-electron chi connectivity index (χ0n) is 12.5. The Morgan fingerprint density at radius 3 is 2.15 bits per heavy atom. The molecule has 0 aliphatic rings. The zero-order chi connectivity index (χ0) is 15.3. The van der Waals surface area contributed by atoms with Gasteiger partial charge in [-0.3, -0.25) is 4.79 Å². The van der Waals surface area contributed by atoms with Crippen LogP contribution in [0.1, 0.15) is 29.7 Å². The maximum Gasteiger partial charge on any atom is 0.328 e. The van der Waals surface area contributed by atoms with Crippen molar-refractivity contribution in [2.75, 3.05) is 14.2 Å². The van der Waals surface area contributed by atoms with E-state index in [0.717, 1.165) is 16.7 Å². The van der Waals surface area contributed by atoms with Crippen LogP contribution in [0, 0.1) is 13.8 Å². The van der Waals surface area contributed by atoms with Crippen LogP contribution in [-0.4, -0.2) is 32.1 Å². The van der Waals surface area contributed by atoms with E-state index in [4.69, 9.17) is 4.74 Å². The van der Waals surface area contributed by atoms with Crippen molar-refractivity contribution in [2.45, 2.75) is 32.9 Å². The molecule has 20 heavy (non-hydrogen) atoms. The molecule has 110 valence electrons. The summed E-state index contributed by atoms with van der Waals surface area (Å²) in [5, 5.41) is 2.60. The SMILES string of the molecule is COC(=O)[C@H](C)NC(=O)C(OC)c1c(C)cccc1C. The number of ether oxygens (including phenoxy) is 2. The van der Waals surface area contributed by atoms with Crippen LogP contribution >= 0.6 is 0 Å². The van der Waals surface area contributed by atoms with E-state index in [1.165, 1.54) is 14.2 Å². The second-order valence-corrected chi connectivity index (χ2v) is 4.67. The van der Waals surface area contributed by atoms with E-state index in [0.29, 0.717) is 0 Å². The summed E-state index contributed by atoms with van der Waals surface area (Å²) < 4.78 is 9.89. The van der Waals surface area contributed by atoms with E-state index in [-0.39, 0.29) is 5.91 Å². The monoisotopic (exact) mass is 279 g/mol. The second-order valence-electron chi connectivity index (χ2n) is 4.67. The van der Waals surface area contributed by atoms with Gasteiger partial charge in [-0.15, -0.1) is 0 Å². The van der Waals surface area contributed by atoms with E-state index in [2.05, 4.69) is 10.1 Å². The van der Waals surface area contributed by atoms with Gasteiger partial charge in [0.25, 0.3) is 5.91 Å². The van der Waals surface area contributed by atoms with Gasteiger partial charge >= 0.3 is 5.97 Å². The van der Waals surface area contributed by atoms with E-state index in [9.17, 15) is 9.59 Å². The average Bonchev–Trinajstić information content (AvgIpc) is 2.41. The maximum atomic E-state index is 12.3. The maximum absolute atomic E-state index is 12.3. The number of aryl methyl sites for hydroxylation is 2. The molecule has 0 saturated carbocycles. The smallest absolute Gasteiger partial charge is 0.328 e. The van der Waals surface area contributed by atoms with Crippen LogP contribution in [0.15, 0.2) is 18.2 Å². The third-order valence-corrected chi connectivity index (χ3v) is 3.19. The normalized spacial score (nSPS) is 13.4. The van der Waals surface area contributed by atoms with Crippen LogP contribution in [0.4, 0.5) is 0 Å². The Hall–Kier alpha value is -1.88. The largest absolute Gasteiger partial charge is 0.467 e. The Bertz CT molecular complexity index is 478. The molecular formula is C15H21NO4. The molecule has 1 rings (SSSR count). The minimum absolute atomic E-state index is 0.359. The molecular weight excluding hydrogens is 258 g/mol. The number of carbonyl (C=O) groups is 2. The number of carbonyl (C=O) groups excluding carboxylic acids is 2. The van der Waals surface area contributed by atoms with E-state index < -0.39 is 18.1 Å². The summed E-state index contributed by atoms with van der Waals surface area (Å²) in [6.45, 7) is 5.41. The highest BCUT2D eigenvalue weighted by Gasteiger charge is 2.26. The number of hydrogen-bond donors (Lipinski definition) is 1. The molecule has 0 heterocycles. The molecule has 0 aliphatic heterocycles. The minimum Gasteiger partial charge on any atom is -0.467 e. The van der Waals surface area contributed by atoms with Gasteiger partial charge in [0.1, 0.15) is 6.04 Å². The number of benzene rings is 1. The Labute approximate surface area is 119 Å². The number of nitrogens with one attached hydrogen (secondary N) is 1. The molecule has 1 amide bonds. The molecule has 1 unspecified atom stereocenters. The lowest BCUT2D eigenvalue weighted by atomic mass is 9.97. The molecule has 2 atom stereocenters. The summed E-state index contributed by atoms with van der Waals surface area (Å²) >= 11 is 0. The molecule has 0 saturated heterocycles. The highest BCUT2D eigenvalue weighted by atomic mass is 16.5. The van der Waals surface area contributed by atoms with Crippen LogP contribution in [0.25, 0.3) is 0 Å². The van der Waals surface area contributed by atoms with Gasteiger partial charge in [-0.1, -0.05) is 18.2 Å². The summed E-state index contributed by atoms with van der Waals surface area (Å²) in [4.78, 5) is 23.6. The summed E-state index contributed by atoms with van der Waals surface area (Å²) in [5.41, 5.74) is 2.76. The van der Waals surface area contributed by atoms with Crippen molar-refractivity contribution in [3.8, 4) is 0 Å². The molecule has 5 heteroatoms. The number of methoxy groups -OCH3 is 2. The standard InChI is InChI=1S/C15H21NO4/c1-9-7-6-8-10(2)12(9)13(19-4)14(17)16-11(3)15(18)20-5/h6-8,11,13H,1-5H3,(H,16,17)/t11-,13?/m0/s1. The minimum atomic E-state index is -0.747. The quantitative estimate of drug-likeness (QED) is 0.833. The highest BCUT2D eigenvalue weighted by Crippen LogP contribution is 2.24. The fraction of sp³-hybridized carbons (Fsp3) is 0.467. The summed E-state index contributed by atoms with van der Waals surface area (Å²) in [6.07, 6.45) is -0.747. The van der Waals surface area contributed by atoms with Gasteiger partial charge in [0, 0.05) is 7.11 Å². The first-order valence-electron chi connectivity index (χ1n) is 6.39. The summed E-state index contributed by atoms with van der Waals surface area (Å²) in [7, 11) is 2.75. The first-order chi connectivity index (χ1) is 9.42. The van der Waals surface area contributed by atoms with Gasteiger partial charge in [0.15, 0.2) is 6.10 Å².